The van der Waals surface area contributed by atoms with E-state index in [2.05, 4.69) is 20.9 Å². The molecule has 0 aromatic heterocycles. The van der Waals surface area contributed by atoms with E-state index in [1.807, 2.05) is 19.9 Å². The molecule has 0 aliphatic carbocycles. The van der Waals surface area contributed by atoms with E-state index < -0.39 is 4.92 Å². The smallest absolute Gasteiger partial charge is 0.269 e. The number of ether oxygens (including phenoxy) is 2. The molecule has 0 atom stereocenters. The largest absolute Gasteiger partial charge is 0.493 e. The van der Waals surface area contributed by atoms with Crippen LogP contribution in [-0.2, 0) is 11.4 Å². The normalized spacial score (nSPS) is 16.1. The Kier molecular flexibility index (Phi) is 7.92. The second kappa shape index (κ2) is 10.6. The van der Waals surface area contributed by atoms with Crippen molar-refractivity contribution in [3.05, 3.63) is 67.0 Å². The van der Waals surface area contributed by atoms with Crippen LogP contribution in [0.5, 0.6) is 11.5 Å². The van der Waals surface area contributed by atoms with E-state index in [1.165, 1.54) is 31.0 Å². The molecule has 2 aromatic carbocycles. The van der Waals surface area contributed by atoms with Crippen molar-refractivity contribution in [2.45, 2.75) is 20.5 Å². The molecule has 1 aliphatic rings. The molecule has 0 radical (unpaired) electrons. The average Bonchev–Trinajstić information content (AvgIpc) is 3.06. The first-order valence-electron chi connectivity index (χ1n) is 9.87. The van der Waals surface area contributed by atoms with Gasteiger partial charge in [0.1, 0.15) is 6.61 Å². The van der Waals surface area contributed by atoms with Gasteiger partial charge in [-0.3, -0.25) is 24.8 Å². The minimum atomic E-state index is -0.444. The fourth-order valence-corrected chi connectivity index (χ4v) is 4.75. The molecule has 0 saturated carbocycles. The molecule has 1 saturated heterocycles. The van der Waals surface area contributed by atoms with Crippen LogP contribution in [0.1, 0.15) is 25.0 Å². The maximum atomic E-state index is 12.7. The summed E-state index contributed by atoms with van der Waals surface area (Å²) in [5.74, 6) is 0.864. The van der Waals surface area contributed by atoms with E-state index in [0.717, 1.165) is 5.56 Å². The zero-order valence-corrected chi connectivity index (χ0v) is 20.2. The summed E-state index contributed by atoms with van der Waals surface area (Å²) in [5.41, 5.74) is 1.43. The van der Waals surface area contributed by atoms with E-state index in [0.29, 0.717) is 44.7 Å². The second-order valence-corrected chi connectivity index (χ2v) is 8.53. The summed E-state index contributed by atoms with van der Waals surface area (Å²) >= 11 is 4.86. The summed E-state index contributed by atoms with van der Waals surface area (Å²) in [4.78, 5) is 29.9. The fraction of sp³-hybridized carbons (Fsp3) is 0.273. The number of methoxy groups -OCH3 is 1. The Morgan fingerprint density at radius 2 is 2.06 bits per heavy atom. The van der Waals surface area contributed by atoms with Gasteiger partial charge in [-0.05, 0) is 70.9 Å². The number of thioether (sulfide) groups is 1. The standard InChI is InChI=1S/C22H22BrN3O5S/c1-4-24-22-25(5-2)21(27)19(32-22)12-15-10-17(23)20(18(11-15)30-3)31-13-14-7-6-8-16(9-14)26(28)29/h6-12H,4-5,13H2,1-3H3/b19-12-,24-22?. The summed E-state index contributed by atoms with van der Waals surface area (Å²) in [6.45, 7) is 5.14. The van der Waals surface area contributed by atoms with Gasteiger partial charge in [-0.25, -0.2) is 0 Å². The van der Waals surface area contributed by atoms with Crippen molar-refractivity contribution in [1.29, 1.82) is 0 Å². The summed E-state index contributed by atoms with van der Waals surface area (Å²) in [5, 5.41) is 11.7. The van der Waals surface area contributed by atoms with Crippen LogP contribution in [0.25, 0.3) is 6.08 Å². The number of nitro groups is 1. The molecule has 0 bridgehead atoms. The quantitative estimate of drug-likeness (QED) is 0.268. The number of carbonyl (C=O) groups is 1. The highest BCUT2D eigenvalue weighted by Crippen LogP contribution is 2.39. The van der Waals surface area contributed by atoms with Gasteiger partial charge in [-0.15, -0.1) is 0 Å². The lowest BCUT2D eigenvalue weighted by atomic mass is 10.1. The molecule has 1 heterocycles. The average molecular weight is 520 g/mol. The molecule has 32 heavy (non-hydrogen) atoms. The van der Waals surface area contributed by atoms with Crippen LogP contribution in [0.3, 0.4) is 0 Å². The van der Waals surface area contributed by atoms with Crippen LogP contribution in [0.4, 0.5) is 5.69 Å². The molecule has 1 aliphatic heterocycles. The minimum Gasteiger partial charge on any atom is -0.493 e. The number of likely N-dealkylation sites (N-methyl/N-ethyl adjacent to an activating group) is 1. The van der Waals surface area contributed by atoms with Crippen molar-refractivity contribution >= 4 is 50.5 Å². The molecule has 0 N–H and O–H groups in total. The molecular formula is C22H22BrN3O5S. The topological polar surface area (TPSA) is 94.3 Å². The van der Waals surface area contributed by atoms with Crippen molar-refractivity contribution in [2.24, 2.45) is 4.99 Å². The Morgan fingerprint density at radius 3 is 2.72 bits per heavy atom. The van der Waals surface area contributed by atoms with Crippen molar-refractivity contribution in [1.82, 2.24) is 4.90 Å². The molecule has 3 rings (SSSR count). The van der Waals surface area contributed by atoms with E-state index >= 15 is 0 Å². The predicted octanol–water partition coefficient (Wildman–Crippen LogP) is 5.26. The van der Waals surface area contributed by atoms with Crippen LogP contribution in [-0.4, -0.2) is 41.1 Å². The van der Waals surface area contributed by atoms with Crippen LogP contribution in [0, 0.1) is 10.1 Å². The monoisotopic (exact) mass is 519 g/mol. The van der Waals surface area contributed by atoms with Gasteiger partial charge in [-0.1, -0.05) is 12.1 Å². The third-order valence-corrected chi connectivity index (χ3v) is 6.19. The van der Waals surface area contributed by atoms with E-state index in [4.69, 9.17) is 9.47 Å². The molecule has 0 spiro atoms. The highest BCUT2D eigenvalue weighted by Gasteiger charge is 2.32. The van der Waals surface area contributed by atoms with Gasteiger partial charge >= 0.3 is 0 Å². The SMILES string of the molecule is CCN=C1S/C(=C\c2cc(Br)c(OCc3cccc([N+](=O)[O-])c3)c(OC)c2)C(=O)N1CC. The summed E-state index contributed by atoms with van der Waals surface area (Å²) in [6.07, 6.45) is 1.80. The Balaban J connectivity index is 1.85. The van der Waals surface area contributed by atoms with Gasteiger partial charge < -0.3 is 9.47 Å². The van der Waals surface area contributed by atoms with Crippen LogP contribution >= 0.6 is 27.7 Å². The number of non-ortho nitro benzene ring substituents is 1. The first-order chi connectivity index (χ1) is 15.4. The Labute approximate surface area is 198 Å². The Hall–Kier alpha value is -2.85. The number of halogens is 1. The third kappa shape index (κ3) is 5.31. The van der Waals surface area contributed by atoms with Gasteiger partial charge in [0.2, 0.25) is 0 Å². The third-order valence-electron chi connectivity index (χ3n) is 4.55. The highest BCUT2D eigenvalue weighted by molar-refractivity contribution is 9.10. The zero-order chi connectivity index (χ0) is 23.3. The molecule has 10 heteroatoms. The first-order valence-corrected chi connectivity index (χ1v) is 11.5. The first kappa shape index (κ1) is 23.8. The fourth-order valence-electron chi connectivity index (χ4n) is 3.07. The second-order valence-electron chi connectivity index (χ2n) is 6.67. The predicted molar refractivity (Wildman–Crippen MR) is 129 cm³/mol. The summed E-state index contributed by atoms with van der Waals surface area (Å²) in [7, 11) is 1.53. The number of benzene rings is 2. The molecule has 1 fully saturated rings. The van der Waals surface area contributed by atoms with Crippen LogP contribution < -0.4 is 9.47 Å². The zero-order valence-electron chi connectivity index (χ0n) is 17.8. The number of amidine groups is 1. The molecule has 168 valence electrons. The Morgan fingerprint density at radius 1 is 1.28 bits per heavy atom. The summed E-state index contributed by atoms with van der Waals surface area (Å²) < 4.78 is 12.0. The lowest BCUT2D eigenvalue weighted by Crippen LogP contribution is -2.28. The minimum absolute atomic E-state index is 0.00457. The van der Waals surface area contributed by atoms with Crippen molar-refractivity contribution in [2.75, 3.05) is 20.2 Å². The number of carbonyl (C=O) groups excluding carboxylic acids is 1. The maximum absolute atomic E-state index is 12.7. The molecule has 2 aromatic rings. The lowest BCUT2D eigenvalue weighted by Gasteiger charge is -2.14. The number of nitrogens with zero attached hydrogens (tertiary/aromatic N) is 3. The van der Waals surface area contributed by atoms with Crippen molar-refractivity contribution in [3.63, 3.8) is 0 Å². The molecule has 1 amide bonds. The number of rotatable bonds is 8. The number of aliphatic imine (C=N–C) groups is 1. The molecule has 8 nitrogen and oxygen atoms in total. The van der Waals surface area contributed by atoms with Gasteiger partial charge in [0.05, 0.1) is 21.4 Å². The number of hydrogen-bond donors (Lipinski definition) is 0. The van der Waals surface area contributed by atoms with Crippen molar-refractivity contribution in [3.8, 4) is 11.5 Å². The van der Waals surface area contributed by atoms with Crippen LogP contribution in [0.15, 0.2) is 50.8 Å². The Bertz CT molecular complexity index is 1100. The number of hydrogen-bond acceptors (Lipinski definition) is 7. The van der Waals surface area contributed by atoms with Gasteiger partial charge in [0, 0.05) is 25.2 Å². The van der Waals surface area contributed by atoms with Gasteiger partial charge in [0.25, 0.3) is 11.6 Å². The number of amides is 1. The summed E-state index contributed by atoms with van der Waals surface area (Å²) in [6, 6.07) is 9.88. The van der Waals surface area contributed by atoms with E-state index in [9.17, 15) is 14.9 Å². The number of nitro benzene ring substituents is 1. The van der Waals surface area contributed by atoms with E-state index in [-0.39, 0.29) is 18.2 Å². The van der Waals surface area contributed by atoms with Gasteiger partial charge in [-0.2, -0.15) is 0 Å². The molecule has 0 unspecified atom stereocenters. The lowest BCUT2D eigenvalue weighted by molar-refractivity contribution is -0.384. The maximum Gasteiger partial charge on any atom is 0.269 e. The highest BCUT2D eigenvalue weighted by atomic mass is 79.9. The van der Waals surface area contributed by atoms with E-state index in [1.54, 1.807) is 29.2 Å². The molecular weight excluding hydrogens is 498 g/mol. The van der Waals surface area contributed by atoms with Crippen LogP contribution in [0.2, 0.25) is 0 Å². The van der Waals surface area contributed by atoms with Gasteiger partial charge in [0.15, 0.2) is 16.7 Å². The van der Waals surface area contributed by atoms with Crippen molar-refractivity contribution < 1.29 is 19.2 Å².